The van der Waals surface area contributed by atoms with Gasteiger partial charge < -0.3 is 44.8 Å². The summed E-state index contributed by atoms with van der Waals surface area (Å²) in [5.74, 6) is -1.44. The summed E-state index contributed by atoms with van der Waals surface area (Å²) in [6.07, 6.45) is -5.91. The summed E-state index contributed by atoms with van der Waals surface area (Å²) in [5, 5.41) is 58.4. The quantitative estimate of drug-likeness (QED) is 0.137. The fourth-order valence-corrected chi connectivity index (χ4v) is 2.54. The molecule has 6 atom stereocenters. The maximum atomic E-state index is 11.9. The van der Waals surface area contributed by atoms with Crippen molar-refractivity contribution in [3.8, 4) is 11.5 Å². The van der Waals surface area contributed by atoms with E-state index in [0.29, 0.717) is 11.1 Å². The van der Waals surface area contributed by atoms with Crippen LogP contribution in [0, 0.1) is 0 Å². The molecule has 10 nitrogen and oxygen atoms in total. The molecule has 0 aromatic heterocycles. The first-order valence-corrected chi connectivity index (χ1v) is 9.11. The molecule has 0 spiro atoms. The van der Waals surface area contributed by atoms with Gasteiger partial charge in [-0.3, -0.25) is 0 Å². The summed E-state index contributed by atoms with van der Waals surface area (Å²) < 4.78 is 15.6. The average molecular weight is 426 g/mol. The lowest BCUT2D eigenvalue weighted by Gasteiger charge is -2.40. The molecule has 1 fully saturated rings. The zero-order valence-electron chi connectivity index (χ0n) is 16.3. The van der Waals surface area contributed by atoms with E-state index in [1.807, 2.05) is 0 Å². The molecular formula is C20H26O10. The molecule has 0 radical (unpaired) electrons. The summed E-state index contributed by atoms with van der Waals surface area (Å²) >= 11 is 0. The number of benzene rings is 1. The van der Waals surface area contributed by atoms with Crippen molar-refractivity contribution < 1.29 is 49.6 Å². The maximum Gasteiger partial charge on any atom is 0.330 e. The van der Waals surface area contributed by atoms with Gasteiger partial charge in [0.05, 0.1) is 12.7 Å². The molecule has 1 aliphatic rings. The van der Waals surface area contributed by atoms with E-state index in [1.165, 1.54) is 24.3 Å². The third-order valence-corrected chi connectivity index (χ3v) is 4.46. The van der Waals surface area contributed by atoms with Crippen molar-refractivity contribution in [2.24, 2.45) is 0 Å². The number of carbonyl (C=O) groups is 1. The lowest BCUT2D eigenvalue weighted by atomic mass is 9.99. The first-order valence-electron chi connectivity index (χ1n) is 9.11. The maximum absolute atomic E-state index is 11.9. The standard InChI is InChI=1S/C20H26O10/c1-10(2)14(23)8-29-20-19(27)18(26)17(25)15(30-20)9-28-16(24)6-4-11-3-5-12(21)13(22)7-11/h3-7,14-15,17-23,25-27H,1,8-9H2,2H3/b6-4+/t14?,15-,17-,18+,19-,20-/m1/s1. The molecule has 6 N–H and O–H groups in total. The van der Waals surface area contributed by atoms with Crippen LogP contribution in [0.3, 0.4) is 0 Å². The van der Waals surface area contributed by atoms with Crippen LogP contribution in [0.15, 0.2) is 36.4 Å². The highest BCUT2D eigenvalue weighted by molar-refractivity contribution is 5.87. The molecular weight excluding hydrogens is 400 g/mol. The van der Waals surface area contributed by atoms with E-state index in [1.54, 1.807) is 6.92 Å². The van der Waals surface area contributed by atoms with Gasteiger partial charge in [-0.05, 0) is 36.3 Å². The normalized spacial score (nSPS) is 27.7. The number of carbonyl (C=O) groups excluding carboxylic acids is 1. The SMILES string of the molecule is C=C(C)C(O)CO[C@@H]1O[C@H](COC(=O)/C=C/c2ccc(O)c(O)c2)[C@@H](O)[C@H](O)[C@H]1O. The van der Waals surface area contributed by atoms with E-state index in [9.17, 15) is 35.4 Å². The van der Waals surface area contributed by atoms with Crippen LogP contribution in [0.25, 0.3) is 6.08 Å². The van der Waals surface area contributed by atoms with Gasteiger partial charge in [0.2, 0.25) is 0 Å². The Bertz CT molecular complexity index is 777. The van der Waals surface area contributed by atoms with Gasteiger partial charge in [-0.15, -0.1) is 0 Å². The van der Waals surface area contributed by atoms with Crippen molar-refractivity contribution >= 4 is 12.0 Å². The summed E-state index contributed by atoms with van der Waals surface area (Å²) in [4.78, 5) is 11.9. The van der Waals surface area contributed by atoms with E-state index in [0.717, 1.165) is 6.08 Å². The number of hydrogen-bond donors (Lipinski definition) is 6. The third-order valence-electron chi connectivity index (χ3n) is 4.46. The van der Waals surface area contributed by atoms with Gasteiger partial charge in [0, 0.05) is 6.08 Å². The zero-order valence-corrected chi connectivity index (χ0v) is 16.3. The van der Waals surface area contributed by atoms with Gasteiger partial charge >= 0.3 is 5.97 Å². The highest BCUT2D eigenvalue weighted by Crippen LogP contribution is 2.25. The smallest absolute Gasteiger partial charge is 0.330 e. The van der Waals surface area contributed by atoms with Gasteiger partial charge in [-0.1, -0.05) is 12.6 Å². The van der Waals surface area contributed by atoms with Crippen LogP contribution in [-0.4, -0.2) is 86.6 Å². The Morgan fingerprint density at radius 3 is 2.53 bits per heavy atom. The van der Waals surface area contributed by atoms with Crippen molar-refractivity contribution in [1.29, 1.82) is 0 Å². The minimum atomic E-state index is -1.62. The average Bonchev–Trinajstić information content (AvgIpc) is 2.71. The van der Waals surface area contributed by atoms with Crippen molar-refractivity contribution in [2.45, 2.75) is 43.7 Å². The van der Waals surface area contributed by atoms with Gasteiger partial charge in [0.25, 0.3) is 0 Å². The second-order valence-corrected chi connectivity index (χ2v) is 6.92. The minimum absolute atomic E-state index is 0.255. The molecule has 1 aromatic rings. The summed E-state index contributed by atoms with van der Waals surface area (Å²) in [7, 11) is 0. The fourth-order valence-electron chi connectivity index (χ4n) is 2.54. The molecule has 10 heteroatoms. The molecule has 166 valence electrons. The zero-order chi connectivity index (χ0) is 22.4. The Labute approximate surface area is 172 Å². The highest BCUT2D eigenvalue weighted by Gasteiger charge is 2.44. The topological polar surface area (TPSA) is 166 Å². The van der Waals surface area contributed by atoms with Gasteiger partial charge in [0.1, 0.15) is 31.0 Å². The number of hydrogen-bond acceptors (Lipinski definition) is 10. The van der Waals surface area contributed by atoms with Crippen LogP contribution in [0.4, 0.5) is 0 Å². The molecule has 2 rings (SSSR count). The van der Waals surface area contributed by atoms with Gasteiger partial charge in [0.15, 0.2) is 17.8 Å². The molecule has 1 aliphatic heterocycles. The van der Waals surface area contributed by atoms with E-state index >= 15 is 0 Å². The van der Waals surface area contributed by atoms with E-state index in [-0.39, 0.29) is 18.1 Å². The number of aliphatic hydroxyl groups is 4. The molecule has 1 saturated heterocycles. The fraction of sp³-hybridized carbons (Fsp3) is 0.450. The van der Waals surface area contributed by atoms with E-state index in [2.05, 4.69) is 6.58 Å². The van der Waals surface area contributed by atoms with Crippen LogP contribution >= 0.6 is 0 Å². The number of aliphatic hydroxyl groups excluding tert-OH is 4. The summed E-state index contributed by atoms with van der Waals surface area (Å²) in [6.45, 7) is 4.45. The Hall–Kier alpha value is -2.47. The lowest BCUT2D eigenvalue weighted by molar-refractivity contribution is -0.304. The van der Waals surface area contributed by atoms with Gasteiger partial charge in [-0.25, -0.2) is 4.79 Å². The lowest BCUT2D eigenvalue weighted by Crippen LogP contribution is -2.59. The number of aromatic hydroxyl groups is 2. The Morgan fingerprint density at radius 1 is 1.20 bits per heavy atom. The molecule has 30 heavy (non-hydrogen) atoms. The summed E-state index contributed by atoms with van der Waals surface area (Å²) in [6, 6.07) is 3.96. The van der Waals surface area contributed by atoms with Crippen LogP contribution in [0.2, 0.25) is 0 Å². The molecule has 0 saturated carbocycles. The Kier molecular flexibility index (Phi) is 8.35. The summed E-state index contributed by atoms with van der Waals surface area (Å²) in [5.41, 5.74) is 0.861. The predicted octanol–water partition coefficient (Wildman–Crippen LogP) is -0.585. The molecule has 1 heterocycles. The Morgan fingerprint density at radius 2 is 1.90 bits per heavy atom. The van der Waals surface area contributed by atoms with Crippen molar-refractivity contribution in [3.63, 3.8) is 0 Å². The number of phenolic OH excluding ortho intramolecular Hbond substituents is 2. The van der Waals surface area contributed by atoms with Crippen LogP contribution in [-0.2, 0) is 19.0 Å². The van der Waals surface area contributed by atoms with E-state index in [4.69, 9.17) is 14.2 Å². The van der Waals surface area contributed by atoms with Crippen molar-refractivity contribution in [2.75, 3.05) is 13.2 Å². The monoisotopic (exact) mass is 426 g/mol. The molecule has 0 amide bonds. The van der Waals surface area contributed by atoms with Crippen LogP contribution in [0.1, 0.15) is 12.5 Å². The number of esters is 1. The van der Waals surface area contributed by atoms with Crippen molar-refractivity contribution in [1.82, 2.24) is 0 Å². The van der Waals surface area contributed by atoms with E-state index < -0.39 is 49.4 Å². The molecule has 0 bridgehead atoms. The predicted molar refractivity (Wildman–Crippen MR) is 103 cm³/mol. The first-order chi connectivity index (χ1) is 14.1. The van der Waals surface area contributed by atoms with Crippen molar-refractivity contribution in [3.05, 3.63) is 42.0 Å². The highest BCUT2D eigenvalue weighted by atomic mass is 16.7. The van der Waals surface area contributed by atoms with Crippen LogP contribution in [0.5, 0.6) is 11.5 Å². The van der Waals surface area contributed by atoms with Crippen LogP contribution < -0.4 is 0 Å². The third kappa shape index (κ3) is 6.26. The molecule has 0 aliphatic carbocycles. The largest absolute Gasteiger partial charge is 0.504 e. The van der Waals surface area contributed by atoms with Gasteiger partial charge in [-0.2, -0.15) is 0 Å². The number of phenols is 2. The first kappa shape index (κ1) is 23.8. The molecule has 1 aromatic carbocycles. The Balaban J connectivity index is 1.91. The second kappa shape index (κ2) is 10.5. The number of rotatable bonds is 8. The molecule has 1 unspecified atom stereocenters. The number of ether oxygens (including phenoxy) is 3. The minimum Gasteiger partial charge on any atom is -0.504 e. The second-order valence-electron chi connectivity index (χ2n) is 6.92.